The molecular formula is C102H91FN18O6S5. The predicted molar refractivity (Wildman–Crippen MR) is 538 cm³/mol. The van der Waals surface area contributed by atoms with E-state index in [9.17, 15) is 29.6 Å². The Morgan fingerprint density at radius 2 is 0.765 bits per heavy atom. The van der Waals surface area contributed by atoms with Gasteiger partial charge in [0.2, 0.25) is 30.1 Å². The summed E-state index contributed by atoms with van der Waals surface area (Å²) in [5, 5.41) is 23.0. The number of aromatic amines is 1. The molecule has 0 unspecified atom stereocenters. The molecule has 18 aromatic rings. The van der Waals surface area contributed by atoms with Crippen LogP contribution in [0.25, 0.3) is 143 Å². The summed E-state index contributed by atoms with van der Waals surface area (Å²) >= 11 is 3.31. The van der Waals surface area contributed by atoms with Crippen LogP contribution in [0.2, 0.25) is 0 Å². The van der Waals surface area contributed by atoms with Gasteiger partial charge in [-0.05, 0) is 248 Å². The lowest BCUT2D eigenvalue weighted by molar-refractivity contribution is 0.605. The fourth-order valence-electron chi connectivity index (χ4n) is 15.4. The van der Waals surface area contributed by atoms with Gasteiger partial charge in [-0.3, -0.25) is 34.2 Å². The Labute approximate surface area is 771 Å². The molecule has 0 amide bonds. The van der Waals surface area contributed by atoms with Gasteiger partial charge in [-0.25, -0.2) is 49.6 Å². The van der Waals surface area contributed by atoms with E-state index in [1.54, 1.807) is 84.3 Å². The smallest absolute Gasteiger partial charge is 0.229 e. The van der Waals surface area contributed by atoms with Crippen molar-refractivity contribution in [3.05, 3.63) is 329 Å². The van der Waals surface area contributed by atoms with Crippen LogP contribution in [0.5, 0.6) is 0 Å². The highest BCUT2D eigenvalue weighted by Crippen LogP contribution is 2.46. The minimum atomic E-state index is -3.45. The summed E-state index contributed by atoms with van der Waals surface area (Å²) < 4.78 is 93.3. The van der Waals surface area contributed by atoms with Crippen LogP contribution in [-0.2, 0) is 30.1 Å². The molecule has 10 aromatic carbocycles. The molecule has 2 fully saturated rings. The average Bonchev–Trinajstić information content (AvgIpc) is 1.05. The predicted octanol–water partition coefficient (Wildman–Crippen LogP) is 22.4. The number of sulfonamides is 3. The quantitative estimate of drug-likeness (QED) is 0.0250. The van der Waals surface area contributed by atoms with Crippen molar-refractivity contribution in [2.24, 2.45) is 0 Å². The number of H-pyrrole nitrogens is 1. The molecule has 30 heteroatoms. The Bertz CT molecular complexity index is 7830. The largest absolute Gasteiger partial charge is 0.398 e. The molecule has 8 aromatic heterocycles. The second-order valence-corrected chi connectivity index (χ2v) is 39.5. The lowest BCUT2D eigenvalue weighted by atomic mass is 9.95. The molecule has 0 bridgehead atoms. The van der Waals surface area contributed by atoms with Crippen molar-refractivity contribution in [3.63, 3.8) is 0 Å². The Balaban J connectivity index is 0.000000121. The van der Waals surface area contributed by atoms with E-state index in [1.165, 1.54) is 88.9 Å². The van der Waals surface area contributed by atoms with E-state index in [0.29, 0.717) is 68.4 Å². The lowest BCUT2D eigenvalue weighted by Gasteiger charge is -2.14. The number of nitrogens with zero attached hydrogens (tertiary/aromatic N) is 8. The molecule has 14 N–H and O–H groups in total. The number of aryl methyl sites for hydroxylation is 3. The molecule has 20 rings (SSSR count). The molecule has 2 saturated carbocycles. The van der Waals surface area contributed by atoms with Crippen molar-refractivity contribution in [3.8, 4) is 112 Å². The van der Waals surface area contributed by atoms with Crippen LogP contribution in [0.15, 0.2) is 285 Å². The summed E-state index contributed by atoms with van der Waals surface area (Å²) in [7, 11) is -10.3. The van der Waals surface area contributed by atoms with Crippen molar-refractivity contribution < 1.29 is 29.6 Å². The molecule has 8 heterocycles. The highest BCUT2D eigenvalue weighted by molar-refractivity contribution is 7.92. The van der Waals surface area contributed by atoms with Gasteiger partial charge in [-0.1, -0.05) is 114 Å². The maximum Gasteiger partial charge on any atom is 0.229 e. The number of nitrogen functional groups attached to an aromatic ring is 4. The number of hydrogen-bond donors (Lipinski definition) is 10. The third kappa shape index (κ3) is 22.2. The molecule has 0 radical (unpaired) electrons. The molecule has 2 aliphatic rings. The van der Waals surface area contributed by atoms with Gasteiger partial charge in [-0.2, -0.15) is 5.10 Å². The number of hydrogen-bond acceptors (Lipinski definition) is 22. The van der Waals surface area contributed by atoms with E-state index >= 15 is 0 Å². The summed E-state index contributed by atoms with van der Waals surface area (Å²) in [5.41, 5.74) is 57.3. The lowest BCUT2D eigenvalue weighted by Crippen LogP contribution is -2.10. The highest BCUT2D eigenvalue weighted by atomic mass is 32.2. The first-order chi connectivity index (χ1) is 63.4. The first kappa shape index (κ1) is 90.3. The Morgan fingerprint density at radius 1 is 0.386 bits per heavy atom. The number of benzene rings is 10. The van der Waals surface area contributed by atoms with Crippen LogP contribution in [0.3, 0.4) is 0 Å². The van der Waals surface area contributed by atoms with Crippen molar-refractivity contribution in [1.82, 2.24) is 45.1 Å². The minimum Gasteiger partial charge on any atom is -0.398 e. The van der Waals surface area contributed by atoms with Gasteiger partial charge in [-0.15, -0.1) is 22.7 Å². The number of anilines is 7. The van der Waals surface area contributed by atoms with Gasteiger partial charge in [0.1, 0.15) is 17.5 Å². The van der Waals surface area contributed by atoms with Crippen molar-refractivity contribution >= 4 is 137 Å². The first-order valence-electron chi connectivity index (χ1n) is 41.9. The topological polar surface area (TPSA) is 409 Å². The van der Waals surface area contributed by atoms with E-state index in [0.717, 1.165) is 158 Å². The maximum atomic E-state index is 13.7. The van der Waals surface area contributed by atoms with E-state index in [-0.39, 0.29) is 5.82 Å². The van der Waals surface area contributed by atoms with Gasteiger partial charge in [0, 0.05) is 96.0 Å². The third-order valence-corrected chi connectivity index (χ3v) is 25.4. The standard InChI is InChI=1S/C22H22N4O2S.C21H17N3S.C20H17FN4O2S.C20H20N4O2S.C19H15N3S/c1-29(27,28)26-19-11-20(16-7-8-21(24)18(10-16)12-23)22(25-13-19)17-4-2-3-15(9-17)14-5-6-14;22-20-9-7-17(15-6-8-18-19(11-15)25-12-23-18)21(24-20)16-3-1-2-14(10-16)13-4-5-13;1-12-7-14(3-5-18(12)21)20-17(9-16(11-22-20)25-28(2,26)27)13-4-6-19-15(8-13)10-23-24-19;1-13-4-3-5-15(8-13)20-18(10-17(12-23-20)24-27(2,25)26)14-6-7-19(22)16(9-14)11-21;1-12-3-2-4-14(9-12)19-15(6-8-18(20)22-19)13-5-7-16-17(10-13)23-11-21-16/h2-4,7-14,23,26H,5-6,24H2,1H3;1-3,6-13H,4-5H2,(H2,22,24);3-11,25H,1-2H3,(H,23,24);3-12,21,24H,22H2,1-2H3;2-11H,1H3,(H2,20,22). The molecule has 662 valence electrons. The second-order valence-electron chi connectivity index (χ2n) is 32.5. The highest BCUT2D eigenvalue weighted by Gasteiger charge is 2.27. The van der Waals surface area contributed by atoms with E-state index < -0.39 is 30.1 Å². The number of nitrogens with two attached hydrogens (primary N) is 4. The van der Waals surface area contributed by atoms with E-state index in [1.807, 2.05) is 115 Å². The number of thiazole rings is 2. The first-order valence-corrected chi connectivity index (χ1v) is 49.3. The summed E-state index contributed by atoms with van der Waals surface area (Å²) in [5.74, 6) is 2.13. The minimum absolute atomic E-state index is 0.291. The number of fused-ring (bicyclic) bond motifs is 3. The van der Waals surface area contributed by atoms with E-state index in [2.05, 4.69) is 163 Å². The van der Waals surface area contributed by atoms with Crippen LogP contribution in [0.4, 0.5) is 44.5 Å². The monoisotopic (exact) mass is 1840 g/mol. The van der Waals surface area contributed by atoms with Crippen LogP contribution in [-0.4, -0.2) is 102 Å². The number of rotatable bonds is 20. The summed E-state index contributed by atoms with van der Waals surface area (Å²) in [6.07, 6.45) is 16.9. The van der Waals surface area contributed by atoms with E-state index in [4.69, 9.17) is 33.8 Å². The zero-order valence-electron chi connectivity index (χ0n) is 72.5. The number of pyridine rings is 5. The molecule has 24 nitrogen and oxygen atoms in total. The zero-order valence-corrected chi connectivity index (χ0v) is 76.6. The SMILES string of the molecule is CS(=O)(=O)Nc1cnc(-c2cccc(C3CC3)c2)c(-c2ccc(N)c(C=N)c2)c1.Cc1cc(-c2ncc(NS(C)(=O)=O)cc2-c2ccc3[nH]ncc3c2)ccc1F.Cc1cccc(-c2nc(N)ccc2-c2ccc3ncsc3c2)c1.Cc1cccc(-c2ncc(NS(C)(=O)=O)cc2-c2ccc(N)c(C=N)c2)c1.Nc1ccc(-c2ccc3ncsc3c2)c(-c2cccc(C3CC3)c2)n1. The number of halogens is 1. The Kier molecular flexibility index (Phi) is 26.5. The third-order valence-electron chi connectivity index (χ3n) is 22.0. The molecule has 132 heavy (non-hydrogen) atoms. The molecular weight excluding hydrogens is 1750 g/mol. The van der Waals surface area contributed by atoms with Crippen LogP contribution in [0.1, 0.15) is 76.5 Å². The summed E-state index contributed by atoms with van der Waals surface area (Å²) in [6.45, 7) is 5.77. The number of aromatic nitrogens is 9. The van der Waals surface area contributed by atoms with Gasteiger partial charge >= 0.3 is 0 Å². The molecule has 0 atom stereocenters. The fourth-order valence-corrected chi connectivity index (χ4v) is 18.4. The summed E-state index contributed by atoms with van der Waals surface area (Å²) in [4.78, 5) is 31.6. The Morgan fingerprint density at radius 3 is 1.18 bits per heavy atom. The van der Waals surface area contributed by atoms with Gasteiger partial charge < -0.3 is 33.8 Å². The molecule has 0 aliphatic heterocycles. The van der Waals surface area contributed by atoms with Crippen LogP contribution >= 0.6 is 22.7 Å². The van der Waals surface area contributed by atoms with Crippen molar-refractivity contribution in [2.75, 3.05) is 55.9 Å². The van der Waals surface area contributed by atoms with Gasteiger partial charge in [0.25, 0.3) is 0 Å². The Hall–Kier alpha value is -15.1. The normalized spacial score (nSPS) is 12.4. The second kappa shape index (κ2) is 38.7. The van der Waals surface area contributed by atoms with Gasteiger partial charge in [0.15, 0.2) is 0 Å². The maximum absolute atomic E-state index is 13.7. The summed E-state index contributed by atoms with van der Waals surface area (Å²) in [6, 6.07) is 80.4. The van der Waals surface area contributed by atoms with Crippen molar-refractivity contribution in [2.45, 2.75) is 58.3 Å². The van der Waals surface area contributed by atoms with Gasteiger partial charge in [0.05, 0.1) is 126 Å². The fraction of sp³-hybridized carbons (Fsp3) is 0.118. The molecule has 2 aliphatic carbocycles. The average molecular weight is 1840 g/mol. The molecule has 0 spiro atoms. The van der Waals surface area contributed by atoms with Crippen molar-refractivity contribution in [1.29, 1.82) is 10.8 Å². The van der Waals surface area contributed by atoms with Crippen LogP contribution in [0, 0.1) is 37.4 Å². The number of nitrogens with one attached hydrogen (secondary N) is 6. The zero-order chi connectivity index (χ0) is 92.7. The van der Waals surface area contributed by atoms with Crippen LogP contribution < -0.4 is 37.1 Å². The molecule has 0 saturated heterocycles.